The molecule has 3 rings (SSSR count). The van der Waals surface area contributed by atoms with Gasteiger partial charge in [0.25, 0.3) is 0 Å². The highest BCUT2D eigenvalue weighted by Gasteiger charge is 2.49. The molecule has 2 aliphatic rings. The Morgan fingerprint density at radius 2 is 2.17 bits per heavy atom. The SMILES string of the molecule is CC#CC[C@H](C)[C@H](O)C=C[C@@H]1[C@H]2c3cccc(OCCCN(C)C)c3O[C@H]2C[C@H]1O. The number of hydrogen-bond donors (Lipinski definition) is 2. The van der Waals surface area contributed by atoms with E-state index in [0.29, 0.717) is 19.4 Å². The summed E-state index contributed by atoms with van der Waals surface area (Å²) in [5.41, 5.74) is 1.09. The van der Waals surface area contributed by atoms with E-state index >= 15 is 0 Å². The summed E-state index contributed by atoms with van der Waals surface area (Å²) in [7, 11) is 4.11. The van der Waals surface area contributed by atoms with E-state index in [1.165, 1.54) is 0 Å². The normalized spacial score (nSPS) is 26.6. The largest absolute Gasteiger partial charge is 0.490 e. The van der Waals surface area contributed by atoms with Gasteiger partial charge in [0.15, 0.2) is 11.5 Å². The van der Waals surface area contributed by atoms with Crippen molar-refractivity contribution in [2.75, 3.05) is 27.2 Å². The molecule has 1 aromatic carbocycles. The van der Waals surface area contributed by atoms with Crippen LogP contribution in [-0.2, 0) is 0 Å². The third-order valence-corrected chi connectivity index (χ3v) is 6.09. The topological polar surface area (TPSA) is 62.2 Å². The fourth-order valence-electron chi connectivity index (χ4n) is 4.37. The van der Waals surface area contributed by atoms with Crippen LogP contribution in [0.3, 0.4) is 0 Å². The molecule has 0 saturated heterocycles. The van der Waals surface area contributed by atoms with Gasteiger partial charge in [-0.3, -0.25) is 0 Å². The molecule has 5 nitrogen and oxygen atoms in total. The predicted octanol–water partition coefficient (Wildman–Crippen LogP) is 3.21. The number of hydrogen-bond acceptors (Lipinski definition) is 5. The maximum absolute atomic E-state index is 10.6. The van der Waals surface area contributed by atoms with Crippen LogP contribution in [0.25, 0.3) is 0 Å². The fourth-order valence-corrected chi connectivity index (χ4v) is 4.37. The minimum atomic E-state index is -0.578. The highest BCUT2D eigenvalue weighted by molar-refractivity contribution is 5.53. The van der Waals surface area contributed by atoms with Gasteiger partial charge in [-0.05, 0) is 39.4 Å². The number of benzene rings is 1. The summed E-state index contributed by atoms with van der Waals surface area (Å²) in [5.74, 6) is 7.54. The van der Waals surface area contributed by atoms with Crippen LogP contribution >= 0.6 is 0 Å². The lowest BCUT2D eigenvalue weighted by Crippen LogP contribution is -2.19. The fraction of sp³-hybridized carbons (Fsp3) is 0.600. The summed E-state index contributed by atoms with van der Waals surface area (Å²) in [5, 5.41) is 21.1. The Kier molecular flexibility index (Phi) is 7.82. The van der Waals surface area contributed by atoms with Crippen LogP contribution in [0.1, 0.15) is 44.6 Å². The van der Waals surface area contributed by atoms with Crippen molar-refractivity contribution >= 4 is 0 Å². The molecule has 1 heterocycles. The highest BCUT2D eigenvalue weighted by Crippen LogP contribution is 2.53. The molecule has 0 amide bonds. The van der Waals surface area contributed by atoms with Gasteiger partial charge in [0, 0.05) is 36.8 Å². The van der Waals surface area contributed by atoms with Gasteiger partial charge in [-0.2, -0.15) is 0 Å². The minimum Gasteiger partial charge on any atom is -0.490 e. The number of ether oxygens (including phenoxy) is 2. The van der Waals surface area contributed by atoms with E-state index in [2.05, 4.69) is 36.9 Å². The summed E-state index contributed by atoms with van der Waals surface area (Å²) in [6.07, 6.45) is 4.86. The van der Waals surface area contributed by atoms with Gasteiger partial charge in [-0.1, -0.05) is 31.2 Å². The molecule has 0 unspecified atom stereocenters. The van der Waals surface area contributed by atoms with E-state index in [1.54, 1.807) is 0 Å². The van der Waals surface area contributed by atoms with Gasteiger partial charge < -0.3 is 24.6 Å². The van der Waals surface area contributed by atoms with Crippen LogP contribution < -0.4 is 9.47 Å². The summed E-state index contributed by atoms with van der Waals surface area (Å²) < 4.78 is 12.2. The summed E-state index contributed by atoms with van der Waals surface area (Å²) in [6.45, 7) is 5.41. The third kappa shape index (κ3) is 5.18. The lowest BCUT2D eigenvalue weighted by molar-refractivity contribution is 0.132. The second-order valence-electron chi connectivity index (χ2n) is 8.73. The van der Waals surface area contributed by atoms with E-state index < -0.39 is 12.2 Å². The maximum Gasteiger partial charge on any atom is 0.165 e. The summed E-state index contributed by atoms with van der Waals surface area (Å²) in [6, 6.07) is 6.02. The van der Waals surface area contributed by atoms with Crippen molar-refractivity contribution in [3.8, 4) is 23.3 Å². The quantitative estimate of drug-likeness (QED) is 0.370. The van der Waals surface area contributed by atoms with Gasteiger partial charge in [0.2, 0.25) is 0 Å². The average Bonchev–Trinajstić information content (AvgIpc) is 3.22. The minimum absolute atomic E-state index is 0.0531. The molecule has 1 aromatic rings. The molecule has 1 aliphatic heterocycles. The zero-order valence-corrected chi connectivity index (χ0v) is 18.5. The molecule has 2 N–H and O–H groups in total. The van der Waals surface area contributed by atoms with Gasteiger partial charge in [0.05, 0.1) is 18.8 Å². The first-order valence-corrected chi connectivity index (χ1v) is 10.9. The Bertz CT molecular complexity index is 794. The van der Waals surface area contributed by atoms with Crippen molar-refractivity contribution in [2.45, 2.75) is 57.3 Å². The number of rotatable bonds is 9. The molecule has 164 valence electrons. The predicted molar refractivity (Wildman–Crippen MR) is 119 cm³/mol. The Morgan fingerprint density at radius 3 is 2.90 bits per heavy atom. The first-order valence-electron chi connectivity index (χ1n) is 10.9. The van der Waals surface area contributed by atoms with Crippen LogP contribution in [0.5, 0.6) is 11.5 Å². The number of aliphatic hydroxyl groups is 2. The lowest BCUT2D eigenvalue weighted by Gasteiger charge is -2.19. The van der Waals surface area contributed by atoms with Gasteiger partial charge in [0.1, 0.15) is 6.10 Å². The average molecular weight is 414 g/mol. The molecule has 1 saturated carbocycles. The second-order valence-corrected chi connectivity index (χ2v) is 8.73. The van der Waals surface area contributed by atoms with Crippen molar-refractivity contribution < 1.29 is 19.7 Å². The van der Waals surface area contributed by atoms with Crippen LogP contribution in [0.15, 0.2) is 30.4 Å². The smallest absolute Gasteiger partial charge is 0.165 e. The molecule has 0 aromatic heterocycles. The summed E-state index contributed by atoms with van der Waals surface area (Å²) >= 11 is 0. The second kappa shape index (κ2) is 10.3. The molecular formula is C25H35NO4. The Labute approximate surface area is 180 Å². The van der Waals surface area contributed by atoms with Gasteiger partial charge in [-0.25, -0.2) is 0 Å². The zero-order valence-electron chi connectivity index (χ0n) is 18.5. The molecule has 6 atom stereocenters. The molecular weight excluding hydrogens is 378 g/mol. The number of fused-ring (bicyclic) bond motifs is 3. The first-order chi connectivity index (χ1) is 14.4. The van der Waals surface area contributed by atoms with Crippen LogP contribution in [0, 0.1) is 23.7 Å². The highest BCUT2D eigenvalue weighted by atomic mass is 16.5. The first kappa shape index (κ1) is 22.7. The van der Waals surface area contributed by atoms with E-state index in [-0.39, 0.29) is 23.9 Å². The summed E-state index contributed by atoms with van der Waals surface area (Å²) in [4.78, 5) is 2.14. The van der Waals surface area contributed by atoms with Crippen LogP contribution in [0.4, 0.5) is 0 Å². The maximum atomic E-state index is 10.6. The molecule has 30 heavy (non-hydrogen) atoms. The molecule has 0 spiro atoms. The number of aliphatic hydroxyl groups excluding tert-OH is 2. The van der Waals surface area contributed by atoms with Crippen molar-refractivity contribution in [1.29, 1.82) is 0 Å². The Balaban J connectivity index is 1.70. The third-order valence-electron chi connectivity index (χ3n) is 6.09. The molecule has 5 heteroatoms. The number of para-hydroxylation sites is 1. The lowest BCUT2D eigenvalue weighted by atomic mass is 9.87. The zero-order chi connectivity index (χ0) is 21.7. The molecule has 1 fully saturated rings. The van der Waals surface area contributed by atoms with Crippen molar-refractivity contribution in [3.63, 3.8) is 0 Å². The van der Waals surface area contributed by atoms with E-state index in [0.717, 1.165) is 30.0 Å². The van der Waals surface area contributed by atoms with E-state index in [1.807, 2.05) is 38.1 Å². The van der Waals surface area contributed by atoms with Gasteiger partial charge in [-0.15, -0.1) is 11.8 Å². The number of nitrogens with zero attached hydrogens (tertiary/aromatic N) is 1. The Hall–Kier alpha value is -2.00. The van der Waals surface area contributed by atoms with Crippen LogP contribution in [0.2, 0.25) is 0 Å². The molecule has 0 bridgehead atoms. The standard InChI is InChI=1S/C25H35NO4/c1-5-6-9-17(2)20(27)13-12-18-21(28)16-23-24(18)19-10-7-11-22(25(19)30-23)29-15-8-14-26(3)4/h7,10-13,17-18,20-21,23-24,27-28H,8-9,14-16H2,1-4H3/t17-,18-,20+,21+,23-,24-/m0/s1. The van der Waals surface area contributed by atoms with Crippen molar-refractivity contribution in [2.24, 2.45) is 11.8 Å². The van der Waals surface area contributed by atoms with E-state index in [4.69, 9.17) is 9.47 Å². The molecule has 0 radical (unpaired) electrons. The monoisotopic (exact) mass is 413 g/mol. The Morgan fingerprint density at radius 1 is 1.37 bits per heavy atom. The van der Waals surface area contributed by atoms with Crippen molar-refractivity contribution in [1.82, 2.24) is 4.90 Å². The van der Waals surface area contributed by atoms with Crippen LogP contribution in [-0.4, -0.2) is 60.7 Å². The molecule has 1 aliphatic carbocycles. The van der Waals surface area contributed by atoms with Gasteiger partial charge >= 0.3 is 0 Å². The van der Waals surface area contributed by atoms with Crippen molar-refractivity contribution in [3.05, 3.63) is 35.9 Å². The van der Waals surface area contributed by atoms with E-state index in [9.17, 15) is 10.2 Å².